The van der Waals surface area contributed by atoms with Gasteiger partial charge in [0.1, 0.15) is 0 Å². The molecule has 0 aromatic heterocycles. The molecule has 0 saturated heterocycles. The average Bonchev–Trinajstić information content (AvgIpc) is 2.68. The lowest BCUT2D eigenvalue weighted by molar-refractivity contribution is 0.0926. The number of carbonyl (C=O) groups is 1. The number of amides is 1. The summed E-state index contributed by atoms with van der Waals surface area (Å²) in [6.45, 7) is 5.38. The van der Waals surface area contributed by atoms with E-state index in [1.165, 1.54) is 11.1 Å². The predicted octanol–water partition coefficient (Wildman–Crippen LogP) is 2.71. The number of nitrogens with one attached hydrogen (secondary N) is 1. The molecular weight excluding hydrogens is 310 g/mol. The molecule has 25 heavy (non-hydrogen) atoms. The zero-order valence-corrected chi connectivity index (χ0v) is 14.9. The van der Waals surface area contributed by atoms with Crippen LogP contribution in [0.5, 0.6) is 0 Å². The number of rotatable bonds is 6. The van der Waals surface area contributed by atoms with E-state index in [1.807, 2.05) is 24.3 Å². The largest absolute Gasteiger partial charge is 0.350 e. The third kappa shape index (κ3) is 4.27. The SMILES string of the molecule is CCC(CNC(=O)c1ccc(CN)cc1)N1CCc2ccccc2C1. The Morgan fingerprint density at radius 1 is 1.16 bits per heavy atom. The van der Waals surface area contributed by atoms with Crippen molar-refractivity contribution in [1.29, 1.82) is 0 Å². The summed E-state index contributed by atoms with van der Waals surface area (Å²) in [6.07, 6.45) is 2.11. The van der Waals surface area contributed by atoms with E-state index in [0.29, 0.717) is 24.7 Å². The monoisotopic (exact) mass is 337 g/mol. The highest BCUT2D eigenvalue weighted by Crippen LogP contribution is 2.21. The van der Waals surface area contributed by atoms with Crippen LogP contribution in [0.25, 0.3) is 0 Å². The van der Waals surface area contributed by atoms with Gasteiger partial charge < -0.3 is 11.1 Å². The lowest BCUT2D eigenvalue weighted by atomic mass is 9.98. The molecule has 1 atom stereocenters. The molecule has 1 unspecified atom stereocenters. The molecule has 1 amide bonds. The lowest BCUT2D eigenvalue weighted by Crippen LogP contribution is -2.45. The second-order valence-electron chi connectivity index (χ2n) is 6.66. The summed E-state index contributed by atoms with van der Waals surface area (Å²) in [7, 11) is 0. The molecule has 0 radical (unpaired) electrons. The zero-order chi connectivity index (χ0) is 17.6. The van der Waals surface area contributed by atoms with Crippen LogP contribution in [-0.2, 0) is 19.5 Å². The molecule has 4 heteroatoms. The highest BCUT2D eigenvalue weighted by atomic mass is 16.1. The Morgan fingerprint density at radius 2 is 1.88 bits per heavy atom. The standard InChI is InChI=1S/C21H27N3O/c1-2-20(24-12-11-17-5-3-4-6-19(17)15-24)14-23-21(25)18-9-7-16(13-22)8-10-18/h3-10,20H,2,11-15,22H2,1H3,(H,23,25). The van der Waals surface area contributed by atoms with E-state index in [9.17, 15) is 4.79 Å². The molecule has 2 aromatic carbocycles. The Balaban J connectivity index is 1.58. The molecule has 132 valence electrons. The first-order chi connectivity index (χ1) is 12.2. The fourth-order valence-electron chi connectivity index (χ4n) is 3.47. The summed E-state index contributed by atoms with van der Waals surface area (Å²) in [6, 6.07) is 16.5. The predicted molar refractivity (Wildman–Crippen MR) is 101 cm³/mol. The molecule has 3 rings (SSSR count). The van der Waals surface area contributed by atoms with Crippen LogP contribution in [0, 0.1) is 0 Å². The number of benzene rings is 2. The summed E-state index contributed by atoms with van der Waals surface area (Å²) in [5, 5.41) is 3.10. The molecule has 1 aliphatic heterocycles. The first-order valence-corrected chi connectivity index (χ1v) is 9.09. The minimum atomic E-state index is -0.0144. The van der Waals surface area contributed by atoms with Crippen molar-refractivity contribution < 1.29 is 4.79 Å². The van der Waals surface area contributed by atoms with Gasteiger partial charge in [-0.1, -0.05) is 43.3 Å². The van der Waals surface area contributed by atoms with E-state index in [1.54, 1.807) is 0 Å². The van der Waals surface area contributed by atoms with Gasteiger partial charge in [0.2, 0.25) is 0 Å². The average molecular weight is 337 g/mol. The van der Waals surface area contributed by atoms with Crippen molar-refractivity contribution in [3.05, 3.63) is 70.8 Å². The first kappa shape index (κ1) is 17.6. The Morgan fingerprint density at radius 3 is 2.56 bits per heavy atom. The number of hydrogen-bond acceptors (Lipinski definition) is 3. The molecule has 3 N–H and O–H groups in total. The van der Waals surface area contributed by atoms with Crippen molar-refractivity contribution in [2.45, 2.75) is 38.9 Å². The Hall–Kier alpha value is -2.17. The van der Waals surface area contributed by atoms with Crippen LogP contribution in [0.1, 0.15) is 40.4 Å². The molecule has 1 aliphatic rings. The van der Waals surface area contributed by atoms with Crippen LogP contribution >= 0.6 is 0 Å². The zero-order valence-electron chi connectivity index (χ0n) is 14.9. The van der Waals surface area contributed by atoms with Crippen molar-refractivity contribution in [2.75, 3.05) is 13.1 Å². The smallest absolute Gasteiger partial charge is 0.251 e. The van der Waals surface area contributed by atoms with Gasteiger partial charge in [0.15, 0.2) is 0 Å². The van der Waals surface area contributed by atoms with E-state index in [-0.39, 0.29) is 5.91 Å². The van der Waals surface area contributed by atoms with Crippen molar-refractivity contribution in [3.63, 3.8) is 0 Å². The van der Waals surface area contributed by atoms with Crippen molar-refractivity contribution in [1.82, 2.24) is 10.2 Å². The van der Waals surface area contributed by atoms with E-state index in [0.717, 1.165) is 31.5 Å². The van der Waals surface area contributed by atoms with Crippen LogP contribution < -0.4 is 11.1 Å². The maximum absolute atomic E-state index is 12.4. The summed E-state index contributed by atoms with van der Waals surface area (Å²) < 4.78 is 0. The molecule has 2 aromatic rings. The summed E-state index contributed by atoms with van der Waals surface area (Å²) in [5.74, 6) is -0.0144. The second-order valence-corrected chi connectivity index (χ2v) is 6.66. The minimum absolute atomic E-state index is 0.0144. The topological polar surface area (TPSA) is 58.4 Å². The second kappa shape index (κ2) is 8.28. The molecule has 0 spiro atoms. The van der Waals surface area contributed by atoms with Crippen molar-refractivity contribution >= 4 is 5.91 Å². The maximum Gasteiger partial charge on any atom is 0.251 e. The van der Waals surface area contributed by atoms with Crippen LogP contribution in [0.4, 0.5) is 0 Å². The number of hydrogen-bond donors (Lipinski definition) is 2. The molecule has 4 nitrogen and oxygen atoms in total. The van der Waals surface area contributed by atoms with Crippen LogP contribution in [0.15, 0.2) is 48.5 Å². The third-order valence-electron chi connectivity index (χ3n) is 5.10. The van der Waals surface area contributed by atoms with Crippen LogP contribution in [-0.4, -0.2) is 29.9 Å². The number of nitrogens with zero attached hydrogens (tertiary/aromatic N) is 1. The van der Waals surface area contributed by atoms with Gasteiger partial charge in [-0.3, -0.25) is 9.69 Å². The summed E-state index contributed by atoms with van der Waals surface area (Å²) in [4.78, 5) is 14.9. The molecule has 0 fully saturated rings. The maximum atomic E-state index is 12.4. The van der Waals surface area contributed by atoms with E-state index in [2.05, 4.69) is 41.4 Å². The molecule has 0 bridgehead atoms. The Bertz CT molecular complexity index is 711. The summed E-state index contributed by atoms with van der Waals surface area (Å²) in [5.41, 5.74) is 10.2. The summed E-state index contributed by atoms with van der Waals surface area (Å²) >= 11 is 0. The highest BCUT2D eigenvalue weighted by Gasteiger charge is 2.22. The van der Waals surface area contributed by atoms with Crippen molar-refractivity contribution in [2.24, 2.45) is 5.73 Å². The first-order valence-electron chi connectivity index (χ1n) is 9.09. The Labute approximate surface area is 150 Å². The van der Waals surface area contributed by atoms with Gasteiger partial charge in [0.25, 0.3) is 5.91 Å². The molecule has 0 saturated carbocycles. The third-order valence-corrected chi connectivity index (χ3v) is 5.10. The van der Waals surface area contributed by atoms with Crippen LogP contribution in [0.2, 0.25) is 0 Å². The number of carbonyl (C=O) groups excluding carboxylic acids is 1. The molecule has 1 heterocycles. The highest BCUT2D eigenvalue weighted by molar-refractivity contribution is 5.94. The van der Waals surface area contributed by atoms with Gasteiger partial charge in [0.05, 0.1) is 0 Å². The lowest BCUT2D eigenvalue weighted by Gasteiger charge is -2.35. The van der Waals surface area contributed by atoms with Crippen molar-refractivity contribution in [3.8, 4) is 0 Å². The van der Waals surface area contributed by atoms with Gasteiger partial charge >= 0.3 is 0 Å². The molecular formula is C21H27N3O. The normalized spacial score (nSPS) is 15.4. The minimum Gasteiger partial charge on any atom is -0.350 e. The van der Waals surface area contributed by atoms with Gasteiger partial charge in [-0.05, 0) is 41.7 Å². The van der Waals surface area contributed by atoms with Gasteiger partial charge in [0, 0.05) is 37.8 Å². The fraction of sp³-hybridized carbons (Fsp3) is 0.381. The number of fused-ring (bicyclic) bond motifs is 1. The molecule has 0 aliphatic carbocycles. The fourth-order valence-corrected chi connectivity index (χ4v) is 3.47. The van der Waals surface area contributed by atoms with E-state index >= 15 is 0 Å². The van der Waals surface area contributed by atoms with E-state index < -0.39 is 0 Å². The number of nitrogens with two attached hydrogens (primary N) is 1. The quantitative estimate of drug-likeness (QED) is 0.852. The van der Waals surface area contributed by atoms with Gasteiger partial charge in [-0.2, -0.15) is 0 Å². The van der Waals surface area contributed by atoms with Crippen LogP contribution in [0.3, 0.4) is 0 Å². The van der Waals surface area contributed by atoms with E-state index in [4.69, 9.17) is 5.73 Å². The van der Waals surface area contributed by atoms with Gasteiger partial charge in [-0.15, -0.1) is 0 Å². The Kier molecular flexibility index (Phi) is 5.84. The van der Waals surface area contributed by atoms with Gasteiger partial charge in [-0.25, -0.2) is 0 Å².